The normalized spacial score (nSPS) is 26.8. The Morgan fingerprint density at radius 3 is 2.67 bits per heavy atom. The number of carbonyl (C=O) groups is 3. The summed E-state index contributed by atoms with van der Waals surface area (Å²) in [6.07, 6.45) is 1.70. The molecule has 0 saturated carbocycles. The lowest BCUT2D eigenvalue weighted by atomic mass is 10.1. The third-order valence-electron chi connectivity index (χ3n) is 4.17. The molecule has 21 heavy (non-hydrogen) atoms. The van der Waals surface area contributed by atoms with Crippen LogP contribution in [0, 0.1) is 0 Å². The van der Waals surface area contributed by atoms with Crippen LogP contribution in [0.1, 0.15) is 33.6 Å². The van der Waals surface area contributed by atoms with Gasteiger partial charge in [-0.15, -0.1) is 0 Å². The van der Waals surface area contributed by atoms with E-state index in [-0.39, 0.29) is 11.7 Å². The first kappa shape index (κ1) is 17.6. The number of Topliss-reactive ketones (excluding diaryl/α,β-unsaturated/α-hetero) is 1. The van der Waals surface area contributed by atoms with Gasteiger partial charge in [0.2, 0.25) is 12.3 Å². The Kier molecular flexibility index (Phi) is 5.86. The molecule has 1 saturated heterocycles. The van der Waals surface area contributed by atoms with Gasteiger partial charge in [-0.1, -0.05) is 6.92 Å². The molecule has 0 aromatic rings. The highest BCUT2D eigenvalue weighted by molar-refractivity contribution is 5.90. The summed E-state index contributed by atoms with van der Waals surface area (Å²) in [7, 11) is 1.92. The zero-order valence-electron chi connectivity index (χ0n) is 13.3. The van der Waals surface area contributed by atoms with Crippen molar-refractivity contribution in [2.24, 2.45) is 5.73 Å². The Morgan fingerprint density at radius 1 is 1.57 bits per heavy atom. The maximum absolute atomic E-state index is 12.2. The lowest BCUT2D eigenvalue weighted by Gasteiger charge is -2.37. The fourth-order valence-electron chi connectivity index (χ4n) is 2.55. The monoisotopic (exact) mass is 298 g/mol. The van der Waals surface area contributed by atoms with E-state index in [9.17, 15) is 14.4 Å². The summed E-state index contributed by atoms with van der Waals surface area (Å²) in [5.41, 5.74) is 5.48. The van der Waals surface area contributed by atoms with Gasteiger partial charge in [-0.2, -0.15) is 0 Å². The second-order valence-electron chi connectivity index (χ2n) is 5.84. The SMILES string of the molecule is CCN(C)CC1(N)CCC(C(=O)NC(C)C(C)=O)N1C=O. The largest absolute Gasteiger partial charge is 0.345 e. The lowest BCUT2D eigenvalue weighted by molar-refractivity contribution is -0.136. The van der Waals surface area contributed by atoms with Gasteiger partial charge in [0.15, 0.2) is 5.78 Å². The first-order valence-electron chi connectivity index (χ1n) is 7.27. The van der Waals surface area contributed by atoms with E-state index in [0.29, 0.717) is 25.8 Å². The number of likely N-dealkylation sites (N-methyl/N-ethyl adjacent to an activating group) is 1. The van der Waals surface area contributed by atoms with Crippen molar-refractivity contribution in [3.05, 3.63) is 0 Å². The average Bonchev–Trinajstić information content (AvgIpc) is 2.74. The Labute approximate surface area is 125 Å². The van der Waals surface area contributed by atoms with E-state index >= 15 is 0 Å². The van der Waals surface area contributed by atoms with Crippen molar-refractivity contribution in [1.82, 2.24) is 15.1 Å². The number of ketones is 1. The van der Waals surface area contributed by atoms with Gasteiger partial charge in [0.05, 0.1) is 6.04 Å². The standard InChI is InChI=1S/C14H26N4O3/c1-5-17(4)8-14(15)7-6-12(18(14)9-19)13(21)16-10(2)11(3)20/h9-10,12H,5-8,15H2,1-4H3,(H,16,21). The average molecular weight is 298 g/mol. The highest BCUT2D eigenvalue weighted by atomic mass is 16.2. The third kappa shape index (κ3) is 4.01. The molecule has 0 aromatic heterocycles. The van der Waals surface area contributed by atoms with E-state index in [4.69, 9.17) is 5.73 Å². The van der Waals surface area contributed by atoms with Crippen LogP contribution in [-0.2, 0) is 14.4 Å². The molecule has 3 unspecified atom stereocenters. The van der Waals surface area contributed by atoms with Crippen LogP contribution < -0.4 is 11.1 Å². The second kappa shape index (κ2) is 7.00. The maximum Gasteiger partial charge on any atom is 0.243 e. The minimum absolute atomic E-state index is 0.122. The number of hydrogen-bond donors (Lipinski definition) is 2. The van der Waals surface area contributed by atoms with Crippen molar-refractivity contribution < 1.29 is 14.4 Å². The van der Waals surface area contributed by atoms with E-state index in [1.165, 1.54) is 11.8 Å². The molecule has 2 amide bonds. The first-order valence-corrected chi connectivity index (χ1v) is 7.27. The summed E-state index contributed by atoms with van der Waals surface area (Å²) >= 11 is 0. The van der Waals surface area contributed by atoms with Crippen LogP contribution in [0.5, 0.6) is 0 Å². The van der Waals surface area contributed by atoms with Crippen molar-refractivity contribution in [2.45, 2.75) is 51.4 Å². The minimum atomic E-state index is -0.839. The molecule has 3 N–H and O–H groups in total. The van der Waals surface area contributed by atoms with Crippen LogP contribution in [0.2, 0.25) is 0 Å². The summed E-state index contributed by atoms with van der Waals surface area (Å²) in [6.45, 7) is 6.36. The van der Waals surface area contributed by atoms with E-state index in [0.717, 1.165) is 6.54 Å². The molecule has 0 aliphatic carbocycles. The quantitative estimate of drug-likeness (QED) is 0.606. The topological polar surface area (TPSA) is 95.7 Å². The molecule has 7 nitrogen and oxygen atoms in total. The molecule has 0 spiro atoms. The van der Waals surface area contributed by atoms with Crippen LogP contribution in [0.15, 0.2) is 0 Å². The Balaban J connectivity index is 2.80. The fraction of sp³-hybridized carbons (Fsp3) is 0.786. The molecule has 1 aliphatic heterocycles. The first-order chi connectivity index (χ1) is 9.75. The van der Waals surface area contributed by atoms with E-state index in [1.54, 1.807) is 6.92 Å². The Hall–Kier alpha value is -1.47. The number of nitrogens with two attached hydrogens (primary N) is 1. The van der Waals surface area contributed by atoms with E-state index < -0.39 is 17.7 Å². The third-order valence-corrected chi connectivity index (χ3v) is 4.17. The summed E-state index contributed by atoms with van der Waals surface area (Å²) in [4.78, 5) is 38.3. The number of hydrogen-bond acceptors (Lipinski definition) is 5. The smallest absolute Gasteiger partial charge is 0.243 e. The van der Waals surface area contributed by atoms with E-state index in [1.807, 2.05) is 18.9 Å². The number of rotatable bonds is 7. The predicted octanol–water partition coefficient (Wildman–Crippen LogP) is -0.692. The van der Waals surface area contributed by atoms with Gasteiger partial charge in [0.1, 0.15) is 11.7 Å². The summed E-state index contributed by atoms with van der Waals surface area (Å²) < 4.78 is 0. The van der Waals surface area contributed by atoms with Gasteiger partial charge in [0, 0.05) is 6.54 Å². The molecule has 1 rings (SSSR count). The molecule has 0 bridgehead atoms. The van der Waals surface area contributed by atoms with Crippen molar-refractivity contribution >= 4 is 18.1 Å². The Morgan fingerprint density at radius 2 is 2.19 bits per heavy atom. The van der Waals surface area contributed by atoms with Gasteiger partial charge in [-0.05, 0) is 40.3 Å². The molecular formula is C14H26N4O3. The highest BCUT2D eigenvalue weighted by Crippen LogP contribution is 2.29. The number of likely N-dealkylation sites (tertiary alicyclic amines) is 1. The molecule has 7 heteroatoms. The molecule has 1 fully saturated rings. The number of amides is 2. The zero-order chi connectivity index (χ0) is 16.2. The van der Waals surface area contributed by atoms with Gasteiger partial charge in [-0.3, -0.25) is 14.4 Å². The summed E-state index contributed by atoms with van der Waals surface area (Å²) in [5, 5.41) is 2.63. The van der Waals surface area contributed by atoms with Crippen molar-refractivity contribution in [3.8, 4) is 0 Å². The molecule has 120 valence electrons. The number of carbonyl (C=O) groups excluding carboxylic acids is 3. The summed E-state index contributed by atoms with van der Waals surface area (Å²) in [5.74, 6) is -0.444. The molecule has 1 heterocycles. The van der Waals surface area contributed by atoms with E-state index in [2.05, 4.69) is 5.32 Å². The van der Waals surface area contributed by atoms with Crippen LogP contribution >= 0.6 is 0 Å². The maximum atomic E-state index is 12.2. The van der Waals surface area contributed by atoms with Crippen LogP contribution in [0.4, 0.5) is 0 Å². The van der Waals surface area contributed by atoms with Crippen molar-refractivity contribution in [2.75, 3.05) is 20.1 Å². The molecule has 0 aromatic carbocycles. The zero-order valence-corrected chi connectivity index (χ0v) is 13.3. The minimum Gasteiger partial charge on any atom is -0.345 e. The highest BCUT2D eigenvalue weighted by Gasteiger charge is 2.46. The molecule has 3 atom stereocenters. The van der Waals surface area contributed by atoms with Gasteiger partial charge in [-0.25, -0.2) is 0 Å². The number of nitrogens with one attached hydrogen (secondary N) is 1. The Bertz CT molecular complexity index is 415. The van der Waals surface area contributed by atoms with Gasteiger partial charge >= 0.3 is 0 Å². The van der Waals surface area contributed by atoms with Gasteiger partial charge < -0.3 is 20.9 Å². The lowest BCUT2D eigenvalue weighted by Crippen LogP contribution is -2.61. The predicted molar refractivity (Wildman–Crippen MR) is 79.3 cm³/mol. The fourth-order valence-corrected chi connectivity index (χ4v) is 2.55. The second-order valence-corrected chi connectivity index (χ2v) is 5.84. The van der Waals surface area contributed by atoms with Gasteiger partial charge in [0.25, 0.3) is 0 Å². The summed E-state index contributed by atoms with van der Waals surface area (Å²) in [6, 6.07) is -1.17. The molecular weight excluding hydrogens is 272 g/mol. The van der Waals surface area contributed by atoms with Crippen LogP contribution in [-0.4, -0.2) is 65.8 Å². The molecule has 0 radical (unpaired) electrons. The van der Waals surface area contributed by atoms with Crippen molar-refractivity contribution in [1.29, 1.82) is 0 Å². The van der Waals surface area contributed by atoms with Crippen LogP contribution in [0.3, 0.4) is 0 Å². The van der Waals surface area contributed by atoms with Crippen LogP contribution in [0.25, 0.3) is 0 Å². The van der Waals surface area contributed by atoms with Crippen molar-refractivity contribution in [3.63, 3.8) is 0 Å². The number of nitrogens with zero attached hydrogens (tertiary/aromatic N) is 2. The molecule has 1 aliphatic rings.